The molecule has 0 atom stereocenters. The lowest BCUT2D eigenvalue weighted by atomic mass is 9.88. The lowest BCUT2D eigenvalue weighted by Gasteiger charge is -2.14. The van der Waals surface area contributed by atoms with Gasteiger partial charge in [-0.3, -0.25) is 0 Å². The van der Waals surface area contributed by atoms with E-state index in [-0.39, 0.29) is 0 Å². The van der Waals surface area contributed by atoms with Crippen LogP contribution in [0.4, 0.5) is 0 Å². The first-order valence-electron chi connectivity index (χ1n) is 11.3. The minimum atomic E-state index is 1.31. The second-order valence-electron chi connectivity index (χ2n) is 9.30. The third-order valence-corrected chi connectivity index (χ3v) is 7.87. The van der Waals surface area contributed by atoms with E-state index in [1.165, 1.54) is 85.2 Å². The number of benzene rings is 7. The van der Waals surface area contributed by atoms with Crippen LogP contribution in [0.3, 0.4) is 0 Å². The summed E-state index contributed by atoms with van der Waals surface area (Å²) in [6, 6.07) is 32.2. The molecule has 0 aliphatic heterocycles. The first kappa shape index (κ1) is 15.6. The molecule has 32 heavy (non-hydrogen) atoms. The Bertz CT molecular complexity index is 2180. The smallest absolute Gasteiger partial charge is 0.00139 e. The van der Waals surface area contributed by atoms with Crippen LogP contribution < -0.4 is 10.4 Å². The molecule has 7 aromatic rings. The van der Waals surface area contributed by atoms with Crippen LogP contribution in [0.5, 0.6) is 0 Å². The van der Waals surface area contributed by atoms with Crippen molar-refractivity contribution >= 4 is 66.0 Å². The van der Waals surface area contributed by atoms with Gasteiger partial charge in [0.2, 0.25) is 0 Å². The van der Waals surface area contributed by atoms with Gasteiger partial charge in [0.25, 0.3) is 0 Å². The van der Waals surface area contributed by atoms with Gasteiger partial charge in [-0.2, -0.15) is 0 Å². The number of fused-ring (bicyclic) bond motifs is 4. The predicted molar refractivity (Wildman–Crippen MR) is 135 cm³/mol. The van der Waals surface area contributed by atoms with E-state index in [1.54, 1.807) is 0 Å². The molecular weight excluding hydrogens is 384 g/mol. The molecule has 9 rings (SSSR count). The summed E-state index contributed by atoms with van der Waals surface area (Å²) in [5.41, 5.74) is 0. The average molecular weight is 400 g/mol. The molecule has 0 spiro atoms. The van der Waals surface area contributed by atoms with E-state index in [1.807, 2.05) is 0 Å². The fourth-order valence-corrected chi connectivity index (χ4v) is 6.53. The quantitative estimate of drug-likeness (QED) is 0.205. The van der Waals surface area contributed by atoms with Gasteiger partial charge in [-0.25, -0.2) is 0 Å². The molecule has 0 aromatic heterocycles. The van der Waals surface area contributed by atoms with Crippen molar-refractivity contribution in [1.82, 2.24) is 0 Å². The molecule has 0 saturated carbocycles. The molecule has 0 saturated heterocycles. The topological polar surface area (TPSA) is 0 Å². The van der Waals surface area contributed by atoms with Crippen LogP contribution in [0, 0.1) is 20.9 Å². The van der Waals surface area contributed by atoms with Gasteiger partial charge in [0.1, 0.15) is 0 Å². The maximum absolute atomic E-state index is 2.38. The molecule has 0 fully saturated rings. The van der Waals surface area contributed by atoms with E-state index >= 15 is 0 Å². The van der Waals surface area contributed by atoms with E-state index in [0.29, 0.717) is 0 Å². The highest BCUT2D eigenvalue weighted by molar-refractivity contribution is 6.33. The normalized spacial score (nSPS) is 13.5. The predicted octanol–water partition coefficient (Wildman–Crippen LogP) is 6.35. The van der Waals surface area contributed by atoms with Crippen molar-refractivity contribution in [3.05, 3.63) is 116 Å². The van der Waals surface area contributed by atoms with Crippen LogP contribution in [-0.4, -0.2) is 0 Å². The largest absolute Gasteiger partial charge is 0.0616 e. The lowest BCUT2D eigenvalue weighted by Crippen LogP contribution is -2.08. The summed E-state index contributed by atoms with van der Waals surface area (Å²) in [6.45, 7) is 0. The fraction of sp³-hybridized carbons (Fsp3) is 0. The van der Waals surface area contributed by atoms with Crippen molar-refractivity contribution < 1.29 is 0 Å². The standard InChI is InChI=1S/C32H16/c1-2-4-20-16-28-26-14-12-24-22-10-8-18-6-5-17-7-9-21(30(22)29(17)18)23-11-13-25(32(26)31(23)24)27(28)15-19(20)3-1/h1-16H. The van der Waals surface area contributed by atoms with Crippen LogP contribution in [0.2, 0.25) is 0 Å². The van der Waals surface area contributed by atoms with Gasteiger partial charge >= 0.3 is 0 Å². The fourth-order valence-electron chi connectivity index (χ4n) is 6.53. The van der Waals surface area contributed by atoms with E-state index < -0.39 is 0 Å². The molecule has 0 amide bonds. The maximum atomic E-state index is 2.38. The minimum absolute atomic E-state index is 1.31. The molecule has 0 radical (unpaired) electrons. The van der Waals surface area contributed by atoms with Crippen molar-refractivity contribution in [3.63, 3.8) is 0 Å². The van der Waals surface area contributed by atoms with Crippen LogP contribution in [0.1, 0.15) is 0 Å². The van der Waals surface area contributed by atoms with Crippen LogP contribution in [0.15, 0.2) is 84.9 Å². The zero-order valence-corrected chi connectivity index (χ0v) is 17.2. The third kappa shape index (κ3) is 1.60. The number of hydrogen-bond acceptors (Lipinski definition) is 0. The molecule has 144 valence electrons. The van der Waals surface area contributed by atoms with E-state index in [2.05, 4.69) is 97.1 Å². The van der Waals surface area contributed by atoms with Crippen LogP contribution in [-0.2, 0) is 0 Å². The summed E-state index contributed by atoms with van der Waals surface area (Å²) in [5.74, 6) is 0. The van der Waals surface area contributed by atoms with Crippen molar-refractivity contribution in [2.75, 3.05) is 0 Å². The van der Waals surface area contributed by atoms with Crippen molar-refractivity contribution in [2.24, 2.45) is 0 Å². The molecule has 0 nitrogen and oxygen atoms in total. The molecule has 7 aromatic carbocycles. The molecule has 0 bridgehead atoms. The van der Waals surface area contributed by atoms with Gasteiger partial charge in [-0.15, -0.1) is 0 Å². The lowest BCUT2D eigenvalue weighted by molar-refractivity contribution is 1.53. The highest BCUT2D eigenvalue weighted by atomic mass is 14.2. The Balaban J connectivity index is 1.67. The second kappa shape index (κ2) is 5.00. The monoisotopic (exact) mass is 400 g/mol. The summed E-state index contributed by atoms with van der Waals surface area (Å²) in [6.07, 6.45) is 4.51. The summed E-state index contributed by atoms with van der Waals surface area (Å²) in [4.78, 5) is 0. The van der Waals surface area contributed by atoms with Gasteiger partial charge in [-0.1, -0.05) is 84.9 Å². The molecule has 2 aliphatic carbocycles. The Morgan fingerprint density at radius 1 is 0.344 bits per heavy atom. The SMILES string of the molecule is C1=c2ccc3c4ccc5c6c(ccc(c7ccc(c2c37)=C1)c64)=c1cc2ccccc2cc1=5. The van der Waals surface area contributed by atoms with Crippen molar-refractivity contribution in [1.29, 1.82) is 0 Å². The van der Waals surface area contributed by atoms with E-state index in [0.717, 1.165) is 0 Å². The van der Waals surface area contributed by atoms with E-state index in [4.69, 9.17) is 0 Å². The van der Waals surface area contributed by atoms with Gasteiger partial charge in [0, 0.05) is 0 Å². The van der Waals surface area contributed by atoms with Crippen molar-refractivity contribution in [2.45, 2.75) is 0 Å². The average Bonchev–Trinajstić information content (AvgIpc) is 3.41. The molecule has 0 N–H and O–H groups in total. The second-order valence-corrected chi connectivity index (χ2v) is 9.30. The van der Waals surface area contributed by atoms with Gasteiger partial charge < -0.3 is 0 Å². The first-order chi connectivity index (χ1) is 15.9. The van der Waals surface area contributed by atoms with Gasteiger partial charge in [0.15, 0.2) is 0 Å². The van der Waals surface area contributed by atoms with Crippen LogP contribution >= 0.6 is 0 Å². The Hall–Kier alpha value is -4.16. The molecule has 0 heteroatoms. The zero-order valence-electron chi connectivity index (χ0n) is 17.2. The Morgan fingerprint density at radius 2 is 0.812 bits per heavy atom. The zero-order chi connectivity index (χ0) is 20.6. The van der Waals surface area contributed by atoms with Crippen molar-refractivity contribution in [3.8, 4) is 0 Å². The summed E-state index contributed by atoms with van der Waals surface area (Å²) >= 11 is 0. The Kier molecular flexibility index (Phi) is 2.44. The Morgan fingerprint density at radius 3 is 1.34 bits per heavy atom. The molecular formula is C32H16. The summed E-state index contributed by atoms with van der Waals surface area (Å²) < 4.78 is 0. The van der Waals surface area contributed by atoms with E-state index in [9.17, 15) is 0 Å². The number of rotatable bonds is 0. The first-order valence-corrected chi connectivity index (χ1v) is 11.3. The summed E-state index contributed by atoms with van der Waals surface area (Å²) in [7, 11) is 0. The van der Waals surface area contributed by atoms with Crippen LogP contribution in [0.25, 0.3) is 66.0 Å². The Labute approximate surface area is 182 Å². The minimum Gasteiger partial charge on any atom is -0.0616 e. The number of hydrogen-bond donors (Lipinski definition) is 0. The highest BCUT2D eigenvalue weighted by Gasteiger charge is 2.17. The molecule has 0 unspecified atom stereocenters. The maximum Gasteiger partial charge on any atom is -0.00139 e. The highest BCUT2D eigenvalue weighted by Crippen LogP contribution is 2.41. The van der Waals surface area contributed by atoms with Gasteiger partial charge in [-0.05, 0) is 97.3 Å². The molecule has 0 heterocycles. The molecule has 2 aliphatic rings. The summed E-state index contributed by atoms with van der Waals surface area (Å²) in [5, 5.41) is 22.0. The third-order valence-electron chi connectivity index (χ3n) is 7.87. The van der Waals surface area contributed by atoms with Gasteiger partial charge in [0.05, 0.1) is 0 Å².